The quantitative estimate of drug-likeness (QED) is 0.671. The van der Waals surface area contributed by atoms with Gasteiger partial charge in [0.05, 0.1) is 6.61 Å². The fourth-order valence-corrected chi connectivity index (χ4v) is 3.42. The van der Waals surface area contributed by atoms with Crippen molar-refractivity contribution in [1.82, 2.24) is 10.2 Å². The maximum atomic E-state index is 11.5. The van der Waals surface area contributed by atoms with Gasteiger partial charge in [0.25, 0.3) is 0 Å². The summed E-state index contributed by atoms with van der Waals surface area (Å²) in [7, 11) is 1.65. The molecule has 4 atom stereocenters. The lowest BCUT2D eigenvalue weighted by Gasteiger charge is -2.31. The van der Waals surface area contributed by atoms with E-state index < -0.39 is 12.0 Å². The summed E-state index contributed by atoms with van der Waals surface area (Å²) in [5.74, 6) is -0.274. The minimum atomic E-state index is -0.763. The lowest BCUT2D eigenvalue weighted by molar-refractivity contribution is -0.142. The van der Waals surface area contributed by atoms with Gasteiger partial charge in [-0.05, 0) is 31.6 Å². The van der Waals surface area contributed by atoms with Gasteiger partial charge < -0.3 is 15.2 Å². The van der Waals surface area contributed by atoms with E-state index in [2.05, 4.69) is 12.2 Å². The molecule has 1 saturated heterocycles. The summed E-state index contributed by atoms with van der Waals surface area (Å²) in [6, 6.07) is -0.391. The minimum absolute atomic E-state index is 0.0398. The molecule has 6 nitrogen and oxygen atoms in total. The van der Waals surface area contributed by atoms with Crippen molar-refractivity contribution in [3.8, 4) is 0 Å². The van der Waals surface area contributed by atoms with E-state index >= 15 is 0 Å². The molecule has 2 N–H and O–H groups in total. The van der Waals surface area contributed by atoms with Crippen molar-refractivity contribution in [3.63, 3.8) is 0 Å². The van der Waals surface area contributed by atoms with Crippen LogP contribution in [-0.2, 0) is 14.3 Å². The van der Waals surface area contributed by atoms with Gasteiger partial charge in [-0.1, -0.05) is 13.3 Å². The van der Waals surface area contributed by atoms with Crippen LogP contribution in [0.25, 0.3) is 0 Å². The van der Waals surface area contributed by atoms with Gasteiger partial charge in [0.2, 0.25) is 5.91 Å². The number of amides is 1. The standard InChI is InChI=1S/C16H30N2O4/c1-5-6-14(11(2)17-12(3)19)9-18-8-13(10-22-4)7-15(18)16(20)21/h11,13-15H,5-10H2,1-4H3,(H,17,19)(H,20,21)/t11?,13?,14-,15?/m0/s1. The Morgan fingerprint density at radius 1 is 1.45 bits per heavy atom. The Hall–Kier alpha value is -1.14. The predicted molar refractivity (Wildman–Crippen MR) is 84.7 cm³/mol. The van der Waals surface area contributed by atoms with Crippen LogP contribution in [0.2, 0.25) is 0 Å². The second-order valence-corrected chi connectivity index (χ2v) is 6.40. The number of carbonyl (C=O) groups is 2. The number of ether oxygens (including phenoxy) is 1. The van der Waals surface area contributed by atoms with E-state index in [-0.39, 0.29) is 23.8 Å². The van der Waals surface area contributed by atoms with Crippen LogP contribution >= 0.6 is 0 Å². The summed E-state index contributed by atoms with van der Waals surface area (Å²) in [6.07, 6.45) is 2.62. The molecule has 1 aliphatic rings. The second-order valence-electron chi connectivity index (χ2n) is 6.40. The fraction of sp³-hybridized carbons (Fsp3) is 0.875. The number of nitrogens with zero attached hydrogens (tertiary/aromatic N) is 1. The second kappa shape index (κ2) is 9.10. The summed E-state index contributed by atoms with van der Waals surface area (Å²) in [5, 5.41) is 12.4. The maximum Gasteiger partial charge on any atom is 0.320 e. The van der Waals surface area contributed by atoms with Crippen molar-refractivity contribution in [1.29, 1.82) is 0 Å². The van der Waals surface area contributed by atoms with E-state index in [1.165, 1.54) is 6.92 Å². The minimum Gasteiger partial charge on any atom is -0.480 e. The first-order valence-corrected chi connectivity index (χ1v) is 8.11. The third kappa shape index (κ3) is 5.57. The van der Waals surface area contributed by atoms with Crippen LogP contribution in [0.1, 0.15) is 40.0 Å². The number of carboxylic acid groups (broad SMARTS) is 1. The van der Waals surface area contributed by atoms with E-state index in [0.717, 1.165) is 19.4 Å². The zero-order valence-electron chi connectivity index (χ0n) is 14.2. The highest BCUT2D eigenvalue weighted by Crippen LogP contribution is 2.26. The number of methoxy groups -OCH3 is 1. The van der Waals surface area contributed by atoms with Gasteiger partial charge in [0.15, 0.2) is 0 Å². The molecule has 1 amide bonds. The molecule has 0 radical (unpaired) electrons. The van der Waals surface area contributed by atoms with Gasteiger partial charge in [0, 0.05) is 33.2 Å². The predicted octanol–water partition coefficient (Wildman–Crippen LogP) is 1.35. The van der Waals surface area contributed by atoms with Gasteiger partial charge in [-0.2, -0.15) is 0 Å². The maximum absolute atomic E-state index is 11.5. The third-order valence-corrected chi connectivity index (χ3v) is 4.44. The molecular formula is C16H30N2O4. The number of hydrogen-bond donors (Lipinski definition) is 2. The molecule has 3 unspecified atom stereocenters. The molecule has 0 aromatic rings. The number of rotatable bonds is 9. The van der Waals surface area contributed by atoms with E-state index in [4.69, 9.17) is 4.74 Å². The summed E-state index contributed by atoms with van der Waals surface area (Å²) in [4.78, 5) is 24.8. The van der Waals surface area contributed by atoms with Crippen LogP contribution in [-0.4, -0.2) is 60.8 Å². The normalized spacial score (nSPS) is 24.9. The molecule has 128 valence electrons. The average Bonchev–Trinajstić information content (AvgIpc) is 2.81. The summed E-state index contributed by atoms with van der Waals surface area (Å²) < 4.78 is 5.18. The molecule has 0 bridgehead atoms. The van der Waals surface area contributed by atoms with Crippen molar-refractivity contribution >= 4 is 11.9 Å². The topological polar surface area (TPSA) is 78.9 Å². The van der Waals surface area contributed by atoms with Gasteiger partial charge in [-0.15, -0.1) is 0 Å². The number of likely N-dealkylation sites (tertiary alicyclic amines) is 1. The number of nitrogens with one attached hydrogen (secondary N) is 1. The zero-order valence-corrected chi connectivity index (χ0v) is 14.2. The van der Waals surface area contributed by atoms with Crippen molar-refractivity contribution in [2.45, 2.75) is 52.1 Å². The number of aliphatic carboxylic acids is 1. The number of carboxylic acids is 1. The van der Waals surface area contributed by atoms with E-state index in [1.54, 1.807) is 7.11 Å². The molecule has 0 saturated carbocycles. The van der Waals surface area contributed by atoms with Crippen LogP contribution in [0, 0.1) is 11.8 Å². The Morgan fingerprint density at radius 2 is 2.14 bits per heavy atom. The van der Waals surface area contributed by atoms with Gasteiger partial charge >= 0.3 is 5.97 Å². The largest absolute Gasteiger partial charge is 0.480 e. The molecule has 6 heteroatoms. The Morgan fingerprint density at radius 3 is 2.64 bits per heavy atom. The molecular weight excluding hydrogens is 284 g/mol. The van der Waals surface area contributed by atoms with Crippen molar-refractivity contribution in [3.05, 3.63) is 0 Å². The monoisotopic (exact) mass is 314 g/mol. The van der Waals surface area contributed by atoms with Crippen LogP contribution in [0.15, 0.2) is 0 Å². The van der Waals surface area contributed by atoms with Crippen LogP contribution in [0.4, 0.5) is 0 Å². The van der Waals surface area contributed by atoms with Crippen molar-refractivity contribution in [2.75, 3.05) is 26.8 Å². The third-order valence-electron chi connectivity index (χ3n) is 4.44. The van der Waals surface area contributed by atoms with Gasteiger partial charge in [-0.3, -0.25) is 14.5 Å². The van der Waals surface area contributed by atoms with E-state index in [1.807, 2.05) is 11.8 Å². The lowest BCUT2D eigenvalue weighted by Crippen LogP contribution is -2.45. The molecule has 0 aliphatic carbocycles. The number of hydrogen-bond acceptors (Lipinski definition) is 4. The SMILES string of the molecule is CCC[C@@H](CN1CC(COC)CC1C(=O)O)C(C)NC(C)=O. The van der Waals surface area contributed by atoms with E-state index in [0.29, 0.717) is 19.6 Å². The first-order chi connectivity index (χ1) is 10.4. The Labute approximate surface area is 133 Å². The van der Waals surface area contributed by atoms with Crippen LogP contribution < -0.4 is 5.32 Å². The fourth-order valence-electron chi connectivity index (χ4n) is 3.42. The van der Waals surface area contributed by atoms with E-state index in [9.17, 15) is 14.7 Å². The summed E-state index contributed by atoms with van der Waals surface area (Å²) >= 11 is 0. The first kappa shape index (κ1) is 18.9. The smallest absolute Gasteiger partial charge is 0.320 e. The molecule has 1 aliphatic heterocycles. The lowest BCUT2D eigenvalue weighted by atomic mass is 9.95. The molecule has 1 heterocycles. The molecule has 22 heavy (non-hydrogen) atoms. The average molecular weight is 314 g/mol. The molecule has 1 fully saturated rings. The molecule has 1 rings (SSSR count). The molecule has 0 aromatic carbocycles. The van der Waals surface area contributed by atoms with Crippen LogP contribution in [0.3, 0.4) is 0 Å². The van der Waals surface area contributed by atoms with Crippen molar-refractivity contribution < 1.29 is 19.4 Å². The number of carbonyl (C=O) groups excluding carboxylic acids is 1. The molecule has 0 aromatic heterocycles. The molecule has 0 spiro atoms. The highest BCUT2D eigenvalue weighted by molar-refractivity contribution is 5.74. The Bertz CT molecular complexity index is 375. The van der Waals surface area contributed by atoms with Gasteiger partial charge in [0.1, 0.15) is 6.04 Å². The summed E-state index contributed by atoms with van der Waals surface area (Å²) in [6.45, 7) is 7.67. The first-order valence-electron chi connectivity index (χ1n) is 8.11. The van der Waals surface area contributed by atoms with Gasteiger partial charge in [-0.25, -0.2) is 0 Å². The highest BCUT2D eigenvalue weighted by Gasteiger charge is 2.38. The highest BCUT2D eigenvalue weighted by atomic mass is 16.5. The zero-order chi connectivity index (χ0) is 16.7. The Kier molecular flexibility index (Phi) is 7.82. The summed E-state index contributed by atoms with van der Waals surface area (Å²) in [5.41, 5.74) is 0. The Balaban J connectivity index is 2.72. The van der Waals surface area contributed by atoms with Crippen molar-refractivity contribution in [2.24, 2.45) is 11.8 Å². The van der Waals surface area contributed by atoms with Crippen LogP contribution in [0.5, 0.6) is 0 Å².